The molecule has 3 rings (SSSR count). The third kappa shape index (κ3) is 1.43. The standard InChI is InChI=1S/C11H12ClN3/c12-11-8-4-1-3-7(10(8)14-15-11)9-5-2-6-13-9/h1,3-4,9,13H,2,5-6H2,(H,14,15). The number of rotatable bonds is 1. The van der Waals surface area contributed by atoms with Crippen molar-refractivity contribution in [2.45, 2.75) is 18.9 Å². The number of hydrogen-bond donors (Lipinski definition) is 2. The number of aromatic amines is 1. The highest BCUT2D eigenvalue weighted by molar-refractivity contribution is 6.34. The van der Waals surface area contributed by atoms with Crippen molar-refractivity contribution < 1.29 is 0 Å². The molecule has 0 radical (unpaired) electrons. The third-order valence-corrected chi connectivity index (χ3v) is 3.29. The van der Waals surface area contributed by atoms with Gasteiger partial charge in [0.15, 0.2) is 0 Å². The van der Waals surface area contributed by atoms with Crippen molar-refractivity contribution in [3.63, 3.8) is 0 Å². The first-order valence-corrected chi connectivity index (χ1v) is 5.60. The molecule has 78 valence electrons. The molecule has 4 heteroatoms. The summed E-state index contributed by atoms with van der Waals surface area (Å²) in [4.78, 5) is 0. The summed E-state index contributed by atoms with van der Waals surface area (Å²) in [6, 6.07) is 6.61. The van der Waals surface area contributed by atoms with Gasteiger partial charge in [-0.2, -0.15) is 5.10 Å². The fraction of sp³-hybridized carbons (Fsp3) is 0.364. The van der Waals surface area contributed by atoms with E-state index in [2.05, 4.69) is 21.6 Å². The maximum atomic E-state index is 6.01. The summed E-state index contributed by atoms with van der Waals surface area (Å²) in [5.41, 5.74) is 2.26. The summed E-state index contributed by atoms with van der Waals surface area (Å²) < 4.78 is 0. The molecule has 1 fully saturated rings. The number of H-pyrrole nitrogens is 1. The van der Waals surface area contributed by atoms with Crippen LogP contribution < -0.4 is 5.32 Å². The molecule has 15 heavy (non-hydrogen) atoms. The second-order valence-corrected chi connectivity index (χ2v) is 4.31. The first kappa shape index (κ1) is 9.19. The Morgan fingerprint density at radius 3 is 3.13 bits per heavy atom. The quantitative estimate of drug-likeness (QED) is 0.777. The van der Waals surface area contributed by atoms with E-state index in [1.165, 1.54) is 18.4 Å². The predicted octanol–water partition coefficient (Wildman–Crippen LogP) is 2.64. The molecule has 1 aliphatic rings. The highest BCUT2D eigenvalue weighted by atomic mass is 35.5. The average Bonchev–Trinajstić information content (AvgIpc) is 2.88. The Bertz CT molecular complexity index is 486. The fourth-order valence-electron chi connectivity index (χ4n) is 2.26. The summed E-state index contributed by atoms with van der Waals surface area (Å²) in [6.45, 7) is 1.10. The Kier molecular flexibility index (Phi) is 2.15. The van der Waals surface area contributed by atoms with Crippen molar-refractivity contribution in [3.05, 3.63) is 28.9 Å². The third-order valence-electron chi connectivity index (χ3n) is 3.01. The number of benzene rings is 1. The van der Waals surface area contributed by atoms with E-state index >= 15 is 0 Å². The number of halogens is 1. The summed E-state index contributed by atoms with van der Waals surface area (Å²) in [5, 5.41) is 12.2. The van der Waals surface area contributed by atoms with Gasteiger partial charge in [-0.05, 0) is 31.0 Å². The Balaban J connectivity index is 2.17. The van der Waals surface area contributed by atoms with Crippen LogP contribution in [0.25, 0.3) is 10.9 Å². The maximum Gasteiger partial charge on any atom is 0.132 e. The molecule has 2 aromatic rings. The molecular weight excluding hydrogens is 210 g/mol. The van der Waals surface area contributed by atoms with Crippen LogP contribution in [0.5, 0.6) is 0 Å². The van der Waals surface area contributed by atoms with Crippen LogP contribution in [0.3, 0.4) is 0 Å². The molecule has 2 N–H and O–H groups in total. The molecule has 0 amide bonds. The minimum Gasteiger partial charge on any atom is -0.310 e. The summed E-state index contributed by atoms with van der Waals surface area (Å²) in [5.74, 6) is 0. The van der Waals surface area contributed by atoms with Crippen LogP contribution in [0.2, 0.25) is 5.15 Å². The zero-order valence-corrected chi connectivity index (χ0v) is 9.01. The first-order chi connectivity index (χ1) is 7.36. The number of nitrogens with zero attached hydrogens (tertiary/aromatic N) is 1. The second kappa shape index (κ2) is 3.51. The summed E-state index contributed by atoms with van der Waals surface area (Å²) in [7, 11) is 0. The fourth-order valence-corrected chi connectivity index (χ4v) is 2.45. The van der Waals surface area contributed by atoms with Gasteiger partial charge >= 0.3 is 0 Å². The van der Waals surface area contributed by atoms with Crippen LogP contribution >= 0.6 is 11.6 Å². The molecule has 0 saturated carbocycles. The average molecular weight is 222 g/mol. The van der Waals surface area contributed by atoms with Crippen molar-refractivity contribution >= 4 is 22.5 Å². The van der Waals surface area contributed by atoms with Gasteiger partial charge in [0.25, 0.3) is 0 Å². The van der Waals surface area contributed by atoms with Crippen LogP contribution in [-0.2, 0) is 0 Å². The molecular formula is C11H12ClN3. The molecule has 0 bridgehead atoms. The highest BCUT2D eigenvalue weighted by Gasteiger charge is 2.19. The Morgan fingerprint density at radius 1 is 1.40 bits per heavy atom. The molecule has 1 aromatic heterocycles. The molecule has 1 aromatic carbocycles. The monoisotopic (exact) mass is 221 g/mol. The van der Waals surface area contributed by atoms with Crippen molar-refractivity contribution in [2.24, 2.45) is 0 Å². The van der Waals surface area contributed by atoms with Gasteiger partial charge in [0.1, 0.15) is 5.15 Å². The Labute approximate surface area is 92.8 Å². The molecule has 1 unspecified atom stereocenters. The Hall–Kier alpha value is -1.06. The van der Waals surface area contributed by atoms with Gasteiger partial charge < -0.3 is 5.32 Å². The van der Waals surface area contributed by atoms with Gasteiger partial charge in [-0.25, -0.2) is 0 Å². The Morgan fingerprint density at radius 2 is 2.33 bits per heavy atom. The van der Waals surface area contributed by atoms with Crippen molar-refractivity contribution in [1.82, 2.24) is 15.5 Å². The summed E-state index contributed by atoms with van der Waals surface area (Å²) >= 11 is 6.01. The molecule has 1 saturated heterocycles. The van der Waals surface area contributed by atoms with E-state index in [1.807, 2.05) is 12.1 Å². The van der Waals surface area contributed by atoms with Gasteiger partial charge in [0, 0.05) is 11.4 Å². The maximum absolute atomic E-state index is 6.01. The van der Waals surface area contributed by atoms with Crippen LogP contribution in [0.1, 0.15) is 24.4 Å². The lowest BCUT2D eigenvalue weighted by Gasteiger charge is -2.10. The normalized spacial score (nSPS) is 21.3. The van der Waals surface area contributed by atoms with Gasteiger partial charge in [-0.15, -0.1) is 0 Å². The number of hydrogen-bond acceptors (Lipinski definition) is 2. The summed E-state index contributed by atoms with van der Waals surface area (Å²) in [6.07, 6.45) is 2.42. The van der Waals surface area contributed by atoms with E-state index in [9.17, 15) is 0 Å². The van der Waals surface area contributed by atoms with Gasteiger partial charge in [0.05, 0.1) is 5.52 Å². The lowest BCUT2D eigenvalue weighted by molar-refractivity contribution is 0.651. The smallest absolute Gasteiger partial charge is 0.132 e. The van der Waals surface area contributed by atoms with Gasteiger partial charge in [0.2, 0.25) is 0 Å². The largest absolute Gasteiger partial charge is 0.310 e. The molecule has 0 aliphatic carbocycles. The lowest BCUT2D eigenvalue weighted by atomic mass is 10.0. The van der Waals surface area contributed by atoms with Crippen LogP contribution in [0.15, 0.2) is 18.2 Å². The van der Waals surface area contributed by atoms with E-state index in [0.717, 1.165) is 17.4 Å². The van der Waals surface area contributed by atoms with E-state index in [4.69, 9.17) is 11.6 Å². The number of aromatic nitrogens is 2. The van der Waals surface area contributed by atoms with E-state index < -0.39 is 0 Å². The highest BCUT2D eigenvalue weighted by Crippen LogP contribution is 2.30. The number of fused-ring (bicyclic) bond motifs is 1. The van der Waals surface area contributed by atoms with E-state index in [0.29, 0.717) is 11.2 Å². The molecule has 2 heterocycles. The SMILES string of the molecule is Clc1[nH]nc2c(C3CCCN3)cccc12. The first-order valence-electron chi connectivity index (χ1n) is 5.22. The molecule has 1 aliphatic heterocycles. The molecule has 0 spiro atoms. The van der Waals surface area contributed by atoms with Crippen LogP contribution in [0.4, 0.5) is 0 Å². The van der Waals surface area contributed by atoms with Gasteiger partial charge in [-0.1, -0.05) is 23.7 Å². The van der Waals surface area contributed by atoms with E-state index in [-0.39, 0.29) is 0 Å². The molecule has 1 atom stereocenters. The van der Waals surface area contributed by atoms with Crippen LogP contribution in [0, 0.1) is 0 Å². The van der Waals surface area contributed by atoms with E-state index in [1.54, 1.807) is 0 Å². The zero-order chi connectivity index (χ0) is 10.3. The minimum absolute atomic E-state index is 0.438. The molecule has 3 nitrogen and oxygen atoms in total. The van der Waals surface area contributed by atoms with Crippen LogP contribution in [-0.4, -0.2) is 16.7 Å². The number of nitrogens with one attached hydrogen (secondary N) is 2. The van der Waals surface area contributed by atoms with Gasteiger partial charge in [-0.3, -0.25) is 5.10 Å². The number of para-hydroxylation sites is 1. The minimum atomic E-state index is 0.438. The topological polar surface area (TPSA) is 40.7 Å². The predicted molar refractivity (Wildman–Crippen MR) is 61.1 cm³/mol. The second-order valence-electron chi connectivity index (χ2n) is 3.93. The van der Waals surface area contributed by atoms with Crippen molar-refractivity contribution in [2.75, 3.05) is 6.54 Å². The van der Waals surface area contributed by atoms with Crippen molar-refractivity contribution in [3.8, 4) is 0 Å². The zero-order valence-electron chi connectivity index (χ0n) is 8.26. The van der Waals surface area contributed by atoms with Crippen molar-refractivity contribution in [1.29, 1.82) is 0 Å². The lowest BCUT2D eigenvalue weighted by Crippen LogP contribution is -2.13.